The molecular formula is C11H24N2O2. The van der Waals surface area contributed by atoms with Gasteiger partial charge in [-0.2, -0.15) is 0 Å². The summed E-state index contributed by atoms with van der Waals surface area (Å²) in [6.45, 7) is 8.83. The van der Waals surface area contributed by atoms with E-state index in [4.69, 9.17) is 5.11 Å². The number of hydrogen-bond donors (Lipinski definition) is 2. The van der Waals surface area contributed by atoms with E-state index >= 15 is 0 Å². The Hall–Kier alpha value is -0.160. The molecule has 0 amide bonds. The van der Waals surface area contributed by atoms with E-state index in [9.17, 15) is 5.11 Å². The summed E-state index contributed by atoms with van der Waals surface area (Å²) in [5.41, 5.74) is 0. The van der Waals surface area contributed by atoms with Crippen molar-refractivity contribution in [3.05, 3.63) is 0 Å². The number of β-amino-alcohol motifs (C(OH)–C–C–N with tert-alkyl or cyclic N) is 2. The van der Waals surface area contributed by atoms with Crippen molar-refractivity contribution in [2.24, 2.45) is 0 Å². The lowest BCUT2D eigenvalue weighted by atomic mass is 10.1. The molecule has 15 heavy (non-hydrogen) atoms. The van der Waals surface area contributed by atoms with E-state index in [1.165, 1.54) is 0 Å². The Kier molecular flexibility index (Phi) is 5.53. The molecule has 1 rings (SSSR count). The molecule has 0 spiro atoms. The zero-order chi connectivity index (χ0) is 11.3. The van der Waals surface area contributed by atoms with E-state index in [0.717, 1.165) is 39.1 Å². The van der Waals surface area contributed by atoms with Gasteiger partial charge >= 0.3 is 0 Å². The van der Waals surface area contributed by atoms with E-state index in [-0.39, 0.29) is 12.7 Å². The van der Waals surface area contributed by atoms with E-state index in [0.29, 0.717) is 6.04 Å². The lowest BCUT2D eigenvalue weighted by molar-refractivity contribution is 0.0349. The summed E-state index contributed by atoms with van der Waals surface area (Å²) in [4.78, 5) is 4.66. The van der Waals surface area contributed by atoms with Crippen LogP contribution in [0.2, 0.25) is 0 Å². The van der Waals surface area contributed by atoms with Crippen LogP contribution in [-0.2, 0) is 0 Å². The van der Waals surface area contributed by atoms with E-state index in [1.54, 1.807) is 0 Å². The Labute approximate surface area is 92.5 Å². The SMILES string of the molecule is CCC1CN(CC(C)O)CCN1CCO. The van der Waals surface area contributed by atoms with Crippen LogP contribution in [0, 0.1) is 0 Å². The zero-order valence-electron chi connectivity index (χ0n) is 9.89. The number of hydrogen-bond acceptors (Lipinski definition) is 4. The van der Waals surface area contributed by atoms with Gasteiger partial charge < -0.3 is 10.2 Å². The Morgan fingerprint density at radius 3 is 2.67 bits per heavy atom. The molecule has 4 heteroatoms. The molecule has 2 unspecified atom stereocenters. The molecule has 1 fully saturated rings. The fraction of sp³-hybridized carbons (Fsp3) is 1.00. The average molecular weight is 216 g/mol. The minimum Gasteiger partial charge on any atom is -0.395 e. The molecule has 2 N–H and O–H groups in total. The van der Waals surface area contributed by atoms with Crippen LogP contribution in [0.4, 0.5) is 0 Å². The fourth-order valence-electron chi connectivity index (χ4n) is 2.31. The molecule has 1 heterocycles. The van der Waals surface area contributed by atoms with Gasteiger partial charge in [-0.05, 0) is 13.3 Å². The topological polar surface area (TPSA) is 46.9 Å². The van der Waals surface area contributed by atoms with Crippen LogP contribution in [-0.4, -0.2) is 71.5 Å². The number of aliphatic hydroxyl groups is 2. The average Bonchev–Trinajstić information content (AvgIpc) is 2.20. The lowest BCUT2D eigenvalue weighted by Gasteiger charge is -2.41. The van der Waals surface area contributed by atoms with Gasteiger partial charge in [-0.1, -0.05) is 6.92 Å². The smallest absolute Gasteiger partial charge is 0.0639 e. The maximum atomic E-state index is 9.34. The molecule has 1 saturated heterocycles. The Morgan fingerprint density at radius 2 is 2.13 bits per heavy atom. The molecule has 0 radical (unpaired) electrons. The molecule has 2 atom stereocenters. The van der Waals surface area contributed by atoms with Crippen LogP contribution in [0.1, 0.15) is 20.3 Å². The summed E-state index contributed by atoms with van der Waals surface area (Å²) in [5, 5.41) is 18.3. The molecule has 0 aromatic heterocycles. The molecule has 0 aromatic carbocycles. The second-order valence-corrected chi connectivity index (χ2v) is 4.43. The highest BCUT2D eigenvalue weighted by atomic mass is 16.3. The van der Waals surface area contributed by atoms with Crippen LogP contribution >= 0.6 is 0 Å². The van der Waals surface area contributed by atoms with Gasteiger partial charge in [-0.15, -0.1) is 0 Å². The maximum Gasteiger partial charge on any atom is 0.0639 e. The Balaban J connectivity index is 2.40. The van der Waals surface area contributed by atoms with Crippen LogP contribution in [0.5, 0.6) is 0 Å². The number of rotatable bonds is 5. The van der Waals surface area contributed by atoms with Crippen molar-refractivity contribution < 1.29 is 10.2 Å². The highest BCUT2D eigenvalue weighted by Gasteiger charge is 2.25. The second kappa shape index (κ2) is 6.43. The number of aliphatic hydroxyl groups excluding tert-OH is 2. The first-order valence-electron chi connectivity index (χ1n) is 5.92. The molecule has 90 valence electrons. The quantitative estimate of drug-likeness (QED) is 0.665. The number of nitrogens with zero attached hydrogens (tertiary/aromatic N) is 2. The van der Waals surface area contributed by atoms with Crippen LogP contribution < -0.4 is 0 Å². The van der Waals surface area contributed by atoms with Gasteiger partial charge in [0.15, 0.2) is 0 Å². The summed E-state index contributed by atoms with van der Waals surface area (Å²) >= 11 is 0. The third kappa shape index (κ3) is 4.07. The Morgan fingerprint density at radius 1 is 1.40 bits per heavy atom. The monoisotopic (exact) mass is 216 g/mol. The first-order chi connectivity index (χ1) is 7.17. The third-order valence-corrected chi connectivity index (χ3v) is 3.07. The van der Waals surface area contributed by atoms with E-state index in [2.05, 4.69) is 16.7 Å². The predicted octanol–water partition coefficient (Wildman–Crippen LogP) is -0.244. The summed E-state index contributed by atoms with van der Waals surface area (Å²) < 4.78 is 0. The molecule has 1 aliphatic heterocycles. The van der Waals surface area contributed by atoms with Crippen molar-refractivity contribution in [1.82, 2.24) is 9.80 Å². The van der Waals surface area contributed by atoms with Gasteiger partial charge in [0.1, 0.15) is 0 Å². The van der Waals surface area contributed by atoms with Gasteiger partial charge in [0.2, 0.25) is 0 Å². The van der Waals surface area contributed by atoms with Gasteiger partial charge in [0.05, 0.1) is 12.7 Å². The third-order valence-electron chi connectivity index (χ3n) is 3.07. The van der Waals surface area contributed by atoms with Crippen molar-refractivity contribution in [2.45, 2.75) is 32.4 Å². The summed E-state index contributed by atoms with van der Waals surface area (Å²) in [5.74, 6) is 0. The normalized spacial score (nSPS) is 26.8. The maximum absolute atomic E-state index is 9.34. The lowest BCUT2D eigenvalue weighted by Crippen LogP contribution is -2.54. The summed E-state index contributed by atoms with van der Waals surface area (Å²) in [6, 6.07) is 0.532. The van der Waals surface area contributed by atoms with Crippen LogP contribution in [0.25, 0.3) is 0 Å². The minimum atomic E-state index is -0.244. The molecule has 1 aliphatic rings. The number of piperazine rings is 1. The largest absolute Gasteiger partial charge is 0.395 e. The van der Waals surface area contributed by atoms with Gasteiger partial charge in [0.25, 0.3) is 0 Å². The summed E-state index contributed by atoms with van der Waals surface area (Å²) in [6.07, 6.45) is 0.864. The van der Waals surface area contributed by atoms with Crippen molar-refractivity contribution in [3.63, 3.8) is 0 Å². The van der Waals surface area contributed by atoms with Gasteiger partial charge in [-0.3, -0.25) is 9.80 Å². The standard InChI is InChI=1S/C11H24N2O2/c1-3-11-9-12(8-10(2)15)4-5-13(11)6-7-14/h10-11,14-15H,3-9H2,1-2H3. The zero-order valence-corrected chi connectivity index (χ0v) is 9.89. The highest BCUT2D eigenvalue weighted by Crippen LogP contribution is 2.12. The summed E-state index contributed by atoms with van der Waals surface area (Å²) in [7, 11) is 0. The minimum absolute atomic E-state index is 0.243. The fourth-order valence-corrected chi connectivity index (χ4v) is 2.31. The Bertz CT molecular complexity index is 176. The molecule has 4 nitrogen and oxygen atoms in total. The first kappa shape index (κ1) is 12.9. The van der Waals surface area contributed by atoms with Crippen molar-refractivity contribution >= 4 is 0 Å². The van der Waals surface area contributed by atoms with Gasteiger partial charge in [0, 0.05) is 38.8 Å². The molecule has 0 aliphatic carbocycles. The van der Waals surface area contributed by atoms with Crippen molar-refractivity contribution in [3.8, 4) is 0 Å². The molecule has 0 saturated carbocycles. The van der Waals surface area contributed by atoms with Gasteiger partial charge in [-0.25, -0.2) is 0 Å². The molecular weight excluding hydrogens is 192 g/mol. The van der Waals surface area contributed by atoms with E-state index < -0.39 is 0 Å². The first-order valence-corrected chi connectivity index (χ1v) is 5.92. The van der Waals surface area contributed by atoms with Crippen LogP contribution in [0.3, 0.4) is 0 Å². The second-order valence-electron chi connectivity index (χ2n) is 4.43. The molecule has 0 bridgehead atoms. The van der Waals surface area contributed by atoms with E-state index in [1.807, 2.05) is 6.92 Å². The predicted molar refractivity (Wildman–Crippen MR) is 60.9 cm³/mol. The molecule has 0 aromatic rings. The van der Waals surface area contributed by atoms with Crippen LogP contribution in [0.15, 0.2) is 0 Å². The van der Waals surface area contributed by atoms with Crippen molar-refractivity contribution in [1.29, 1.82) is 0 Å². The van der Waals surface area contributed by atoms with Crippen molar-refractivity contribution in [2.75, 3.05) is 39.3 Å². The highest BCUT2D eigenvalue weighted by molar-refractivity contribution is 4.81.